The Balaban J connectivity index is 0.000000636. The van der Waals surface area contributed by atoms with Crippen LogP contribution in [0.1, 0.15) is 61.8 Å². The van der Waals surface area contributed by atoms with Crippen LogP contribution < -0.4 is 0 Å². The summed E-state index contributed by atoms with van der Waals surface area (Å²) in [4.78, 5) is 26.9. The van der Waals surface area contributed by atoms with Gasteiger partial charge in [-0.15, -0.1) is 0 Å². The Kier molecular flexibility index (Phi) is 11.2. The van der Waals surface area contributed by atoms with E-state index >= 15 is 0 Å². The molecule has 1 fully saturated rings. The summed E-state index contributed by atoms with van der Waals surface area (Å²) in [5, 5.41) is 0. The van der Waals surface area contributed by atoms with Crippen LogP contribution in [0.2, 0.25) is 32.1 Å². The Labute approximate surface area is 175 Å². The van der Waals surface area contributed by atoms with Crippen molar-refractivity contribution < 1.29 is 22.1 Å². The molecular weight excluding hydrogens is 558 g/mol. The van der Waals surface area contributed by atoms with Crippen LogP contribution in [0.15, 0.2) is 0 Å². The number of hydrogen-bond acceptors (Lipinski definition) is 5. The SMILES string of the molecule is CC(=O)OC1(OC(C)=O)C[CH2][Sn]([CH3])([CH3])[O]C1(C)C.C[CH2][Sn]([CH2]C)([CH2]C)[CH2]C. The molecule has 0 bridgehead atoms. The Morgan fingerprint density at radius 2 is 1.30 bits per heavy atom. The van der Waals surface area contributed by atoms with Crippen molar-refractivity contribution in [3.8, 4) is 0 Å². The molecule has 1 rings (SSSR count). The number of rotatable bonds is 6. The first-order valence-corrected chi connectivity index (χ1v) is 27.3. The van der Waals surface area contributed by atoms with Gasteiger partial charge in [0.25, 0.3) is 0 Å². The molecule has 1 saturated heterocycles. The average Bonchev–Trinajstić information content (AvgIpc) is 2.53. The third kappa shape index (κ3) is 8.03. The molecule has 27 heavy (non-hydrogen) atoms. The van der Waals surface area contributed by atoms with Crippen molar-refractivity contribution in [2.75, 3.05) is 0 Å². The van der Waals surface area contributed by atoms with Crippen molar-refractivity contribution in [3.05, 3.63) is 0 Å². The second-order valence-corrected chi connectivity index (χ2v) is 37.4. The minimum atomic E-state index is -2.55. The fraction of sp³-hybridized carbons (Fsp3) is 0.900. The predicted octanol–water partition coefficient (Wildman–Crippen LogP) is 5.73. The van der Waals surface area contributed by atoms with Crippen LogP contribution in [0, 0.1) is 0 Å². The molecule has 0 saturated carbocycles. The van der Waals surface area contributed by atoms with E-state index in [1.807, 2.05) is 13.8 Å². The van der Waals surface area contributed by atoms with Gasteiger partial charge in [0.05, 0.1) is 0 Å². The number of carbonyl (C=O) groups is 2. The van der Waals surface area contributed by atoms with E-state index in [4.69, 9.17) is 12.5 Å². The van der Waals surface area contributed by atoms with Crippen molar-refractivity contribution >= 4 is 49.1 Å². The summed E-state index contributed by atoms with van der Waals surface area (Å²) in [5.74, 6) is -2.23. The van der Waals surface area contributed by atoms with Crippen LogP contribution in [0.3, 0.4) is 0 Å². The summed E-state index contributed by atoms with van der Waals surface area (Å²) < 4.78 is 23.8. The number of ether oxygens (including phenoxy) is 2. The molecule has 0 aliphatic carbocycles. The zero-order chi connectivity index (χ0) is 21.5. The van der Waals surface area contributed by atoms with Gasteiger partial charge < -0.3 is 0 Å². The maximum atomic E-state index is 11.3. The molecule has 0 amide bonds. The van der Waals surface area contributed by atoms with Crippen LogP contribution in [0.5, 0.6) is 0 Å². The normalized spacial score (nSPS) is 20.1. The number of esters is 2. The summed E-state index contributed by atoms with van der Waals surface area (Å²) in [6.45, 7) is 15.8. The first-order chi connectivity index (χ1) is 12.2. The van der Waals surface area contributed by atoms with Gasteiger partial charge in [0.15, 0.2) is 0 Å². The van der Waals surface area contributed by atoms with Crippen molar-refractivity contribution in [2.24, 2.45) is 0 Å². The minimum absolute atomic E-state index is 0.470. The van der Waals surface area contributed by atoms with Gasteiger partial charge in [-0.3, -0.25) is 0 Å². The summed E-state index contributed by atoms with van der Waals surface area (Å²) in [5.41, 5.74) is -0.803. The van der Waals surface area contributed by atoms with Crippen molar-refractivity contribution in [1.82, 2.24) is 0 Å². The van der Waals surface area contributed by atoms with Gasteiger partial charge in [0.2, 0.25) is 0 Å². The molecule has 160 valence electrons. The average molecular weight is 600 g/mol. The van der Waals surface area contributed by atoms with Gasteiger partial charge in [0, 0.05) is 0 Å². The number of hydrogen-bond donors (Lipinski definition) is 0. The Morgan fingerprint density at radius 3 is 1.52 bits per heavy atom. The molecule has 7 heteroatoms. The van der Waals surface area contributed by atoms with Crippen molar-refractivity contribution in [2.45, 2.75) is 105 Å². The summed E-state index contributed by atoms with van der Waals surface area (Å²) in [6, 6.07) is 0. The Morgan fingerprint density at radius 1 is 0.926 bits per heavy atom. The van der Waals surface area contributed by atoms with E-state index in [0.29, 0.717) is 6.42 Å². The van der Waals surface area contributed by atoms with Crippen LogP contribution >= 0.6 is 0 Å². The van der Waals surface area contributed by atoms with E-state index in [1.54, 1.807) is 17.7 Å². The van der Waals surface area contributed by atoms with E-state index in [9.17, 15) is 9.59 Å². The second-order valence-electron chi connectivity index (χ2n) is 8.73. The Hall–Kier alpha value is 0.497. The van der Waals surface area contributed by atoms with Gasteiger partial charge in [0.1, 0.15) is 0 Å². The fourth-order valence-electron chi connectivity index (χ4n) is 3.92. The zero-order valence-electron chi connectivity index (χ0n) is 19.3. The summed E-state index contributed by atoms with van der Waals surface area (Å²) in [7, 11) is 0. The van der Waals surface area contributed by atoms with Crippen molar-refractivity contribution in [3.63, 3.8) is 0 Å². The molecule has 5 nitrogen and oxygen atoms in total. The van der Waals surface area contributed by atoms with Crippen LogP contribution in [-0.4, -0.2) is 60.5 Å². The van der Waals surface area contributed by atoms with E-state index in [1.165, 1.54) is 13.8 Å². The van der Waals surface area contributed by atoms with Crippen LogP contribution in [-0.2, 0) is 22.1 Å². The summed E-state index contributed by atoms with van der Waals surface area (Å²) in [6.07, 6.45) is 0.516. The zero-order valence-corrected chi connectivity index (χ0v) is 25.0. The third-order valence-corrected chi connectivity index (χ3v) is 30.4. The molecule has 1 aliphatic rings. The second kappa shape index (κ2) is 11.0. The molecular formula is C20H42O5Sn2. The van der Waals surface area contributed by atoms with E-state index in [2.05, 4.69) is 37.6 Å². The predicted molar refractivity (Wildman–Crippen MR) is 116 cm³/mol. The molecule has 1 heterocycles. The van der Waals surface area contributed by atoms with Crippen molar-refractivity contribution in [1.29, 1.82) is 0 Å². The molecule has 1 aliphatic heterocycles. The molecule has 0 N–H and O–H groups in total. The summed E-state index contributed by atoms with van der Waals surface area (Å²) >= 11 is -3.93. The van der Waals surface area contributed by atoms with E-state index in [-0.39, 0.29) is 0 Å². The quantitative estimate of drug-likeness (QED) is 0.222. The van der Waals surface area contributed by atoms with Gasteiger partial charge >= 0.3 is 177 Å². The molecule has 0 atom stereocenters. The van der Waals surface area contributed by atoms with Gasteiger partial charge in [-0.2, -0.15) is 0 Å². The fourth-order valence-corrected chi connectivity index (χ4v) is 19.8. The van der Waals surface area contributed by atoms with Crippen LogP contribution in [0.4, 0.5) is 0 Å². The monoisotopic (exact) mass is 602 g/mol. The van der Waals surface area contributed by atoms with Crippen LogP contribution in [0.25, 0.3) is 0 Å². The molecule has 0 unspecified atom stereocenters. The first kappa shape index (κ1) is 27.5. The van der Waals surface area contributed by atoms with Gasteiger partial charge in [-0.05, 0) is 0 Å². The standard InChI is InChI=1S/C10H16O5.4C2H5.2CH3.2Sn/c1-6-10(9(4,5)13,14-7(2)11)15-8(3)12;4*1-2;;;;/h1,6H2,2-5H3;4*1H2,2H3;2*1H3;;/q-1;;;;;;;;+1. The Bertz CT molecular complexity index is 465. The van der Waals surface area contributed by atoms with Gasteiger partial charge in [-0.25, -0.2) is 0 Å². The molecule has 0 spiro atoms. The first-order valence-electron chi connectivity index (χ1n) is 10.3. The molecule has 0 aromatic heterocycles. The van der Waals surface area contributed by atoms with E-state index in [0.717, 1.165) is 4.44 Å². The maximum absolute atomic E-state index is 11.3. The van der Waals surface area contributed by atoms with E-state index < -0.39 is 60.5 Å². The molecule has 0 radical (unpaired) electrons. The molecule has 0 aromatic carbocycles. The number of carbonyl (C=O) groups excluding carboxylic acids is 2. The third-order valence-electron chi connectivity index (χ3n) is 6.12. The van der Waals surface area contributed by atoms with Gasteiger partial charge in [-0.1, -0.05) is 0 Å². The molecule has 0 aromatic rings. The topological polar surface area (TPSA) is 61.8 Å².